The zero-order valence-corrected chi connectivity index (χ0v) is 13.1. The summed E-state index contributed by atoms with van der Waals surface area (Å²) in [6.45, 7) is -0.272. The lowest BCUT2D eigenvalue weighted by molar-refractivity contribution is 0.422. The maximum Gasteiger partial charge on any atom is 0.250 e. The van der Waals surface area contributed by atoms with Gasteiger partial charge in [-0.05, 0) is 18.2 Å². The van der Waals surface area contributed by atoms with E-state index in [0.29, 0.717) is 16.6 Å². The lowest BCUT2D eigenvalue weighted by Crippen LogP contribution is -2.22. The molecule has 0 atom stereocenters. The van der Waals surface area contributed by atoms with Crippen LogP contribution in [-0.4, -0.2) is 13.6 Å². The Labute approximate surface area is 134 Å². The summed E-state index contributed by atoms with van der Waals surface area (Å²) in [5.74, 6) is -1.52. The molecule has 0 aliphatic rings. The van der Waals surface area contributed by atoms with Crippen LogP contribution in [0.2, 0.25) is 0 Å². The SMILES string of the molecule is O=S(=O)(NCc1ccc(F)cc1F)c1ccc(-c2ccon2)s1. The molecule has 120 valence electrons. The van der Waals surface area contributed by atoms with Crippen molar-refractivity contribution in [3.8, 4) is 10.6 Å². The van der Waals surface area contributed by atoms with Gasteiger partial charge < -0.3 is 4.52 Å². The van der Waals surface area contributed by atoms with E-state index in [1.165, 1.54) is 18.4 Å². The number of aromatic nitrogens is 1. The molecule has 0 unspecified atom stereocenters. The number of rotatable bonds is 5. The average Bonchev–Trinajstić information content (AvgIpc) is 3.17. The molecule has 0 bridgehead atoms. The number of hydrogen-bond acceptors (Lipinski definition) is 5. The minimum atomic E-state index is -3.81. The second kappa shape index (κ2) is 6.19. The van der Waals surface area contributed by atoms with E-state index >= 15 is 0 Å². The van der Waals surface area contributed by atoms with Crippen LogP contribution in [-0.2, 0) is 16.6 Å². The molecule has 1 N–H and O–H groups in total. The van der Waals surface area contributed by atoms with Crippen molar-refractivity contribution in [2.24, 2.45) is 0 Å². The molecule has 9 heteroatoms. The van der Waals surface area contributed by atoms with Crippen LogP contribution in [0.1, 0.15) is 5.56 Å². The Morgan fingerprint density at radius 1 is 1.17 bits per heavy atom. The highest BCUT2D eigenvalue weighted by molar-refractivity contribution is 7.91. The van der Waals surface area contributed by atoms with Crippen molar-refractivity contribution in [2.45, 2.75) is 10.8 Å². The van der Waals surface area contributed by atoms with Gasteiger partial charge in [-0.15, -0.1) is 11.3 Å². The fourth-order valence-corrected chi connectivity index (χ4v) is 4.17. The highest BCUT2D eigenvalue weighted by Crippen LogP contribution is 2.29. The summed E-state index contributed by atoms with van der Waals surface area (Å²) in [4.78, 5) is 0.632. The largest absolute Gasteiger partial charge is 0.364 e. The first-order valence-corrected chi connectivity index (χ1v) is 8.70. The van der Waals surface area contributed by atoms with Gasteiger partial charge in [0, 0.05) is 24.2 Å². The van der Waals surface area contributed by atoms with Crippen LogP contribution in [0.25, 0.3) is 10.6 Å². The van der Waals surface area contributed by atoms with Crippen LogP contribution in [0.3, 0.4) is 0 Å². The van der Waals surface area contributed by atoms with Gasteiger partial charge in [-0.2, -0.15) is 0 Å². The Morgan fingerprint density at radius 2 is 2.00 bits per heavy atom. The van der Waals surface area contributed by atoms with Gasteiger partial charge in [-0.1, -0.05) is 11.2 Å². The summed E-state index contributed by atoms with van der Waals surface area (Å²) in [6, 6.07) is 7.62. The van der Waals surface area contributed by atoms with Gasteiger partial charge in [0.15, 0.2) is 0 Å². The van der Waals surface area contributed by atoms with E-state index in [0.717, 1.165) is 17.4 Å². The first-order valence-electron chi connectivity index (χ1n) is 6.40. The maximum atomic E-state index is 13.5. The Kier molecular flexibility index (Phi) is 4.24. The lowest BCUT2D eigenvalue weighted by atomic mass is 10.2. The third kappa shape index (κ3) is 3.46. The number of sulfonamides is 1. The molecule has 0 aliphatic carbocycles. The topological polar surface area (TPSA) is 72.2 Å². The minimum Gasteiger partial charge on any atom is -0.364 e. The minimum absolute atomic E-state index is 0.0586. The van der Waals surface area contributed by atoms with Crippen molar-refractivity contribution in [1.29, 1.82) is 0 Å². The smallest absolute Gasteiger partial charge is 0.250 e. The van der Waals surface area contributed by atoms with Gasteiger partial charge in [-0.3, -0.25) is 0 Å². The molecule has 0 saturated carbocycles. The number of benzene rings is 1. The van der Waals surface area contributed by atoms with Gasteiger partial charge in [0.1, 0.15) is 27.8 Å². The average molecular weight is 356 g/mol. The van der Waals surface area contributed by atoms with Gasteiger partial charge in [-0.25, -0.2) is 21.9 Å². The van der Waals surface area contributed by atoms with Gasteiger partial charge in [0.05, 0.1) is 4.88 Å². The summed E-state index contributed by atoms with van der Waals surface area (Å²) >= 11 is 1.01. The fraction of sp³-hybridized carbons (Fsp3) is 0.0714. The van der Waals surface area contributed by atoms with Crippen molar-refractivity contribution in [3.63, 3.8) is 0 Å². The fourth-order valence-electron chi connectivity index (χ4n) is 1.85. The Bertz CT molecular complexity index is 921. The summed E-state index contributed by atoms with van der Waals surface area (Å²) < 4.78 is 57.9. The Morgan fingerprint density at radius 3 is 2.70 bits per heavy atom. The molecule has 0 aliphatic heterocycles. The standard InChI is InChI=1S/C14H10F2N2O3S2/c15-10-2-1-9(11(16)7-10)8-17-23(19,20)14-4-3-13(22-14)12-5-6-21-18-12/h1-7,17H,8H2. The van der Waals surface area contributed by atoms with Gasteiger partial charge in [0.25, 0.3) is 0 Å². The molecule has 3 rings (SSSR count). The molecular weight excluding hydrogens is 346 g/mol. The van der Waals surface area contributed by atoms with Crippen LogP contribution in [0.15, 0.2) is 51.4 Å². The molecule has 2 heterocycles. The molecule has 0 fully saturated rings. The molecule has 0 amide bonds. The molecular formula is C14H10F2N2O3S2. The molecule has 2 aromatic heterocycles. The van der Waals surface area contributed by atoms with Crippen LogP contribution in [0, 0.1) is 11.6 Å². The maximum absolute atomic E-state index is 13.5. The van der Waals surface area contributed by atoms with Crippen LogP contribution >= 0.6 is 11.3 Å². The molecule has 1 aromatic carbocycles. The normalized spacial score (nSPS) is 11.7. The van der Waals surface area contributed by atoms with Crippen molar-refractivity contribution in [1.82, 2.24) is 9.88 Å². The zero-order chi connectivity index (χ0) is 16.4. The quantitative estimate of drug-likeness (QED) is 0.762. The highest BCUT2D eigenvalue weighted by Gasteiger charge is 2.18. The van der Waals surface area contributed by atoms with E-state index < -0.39 is 21.7 Å². The molecule has 3 aromatic rings. The van der Waals surface area contributed by atoms with E-state index in [4.69, 9.17) is 4.52 Å². The number of halogens is 2. The second-order valence-corrected chi connectivity index (χ2v) is 7.64. The van der Waals surface area contributed by atoms with Crippen molar-refractivity contribution in [3.05, 3.63) is 59.9 Å². The zero-order valence-electron chi connectivity index (χ0n) is 11.5. The highest BCUT2D eigenvalue weighted by atomic mass is 32.2. The Balaban J connectivity index is 1.77. The second-order valence-electron chi connectivity index (χ2n) is 4.56. The summed E-state index contributed by atoms with van der Waals surface area (Å²) in [5.41, 5.74) is 0.587. The molecule has 0 radical (unpaired) electrons. The summed E-state index contributed by atoms with van der Waals surface area (Å²) in [7, 11) is -3.81. The summed E-state index contributed by atoms with van der Waals surface area (Å²) in [5, 5.41) is 3.73. The number of thiophene rings is 1. The Hall–Kier alpha value is -2.10. The molecule has 0 saturated heterocycles. The van der Waals surface area contributed by atoms with Crippen molar-refractivity contribution < 1.29 is 21.7 Å². The molecule has 0 spiro atoms. The van der Waals surface area contributed by atoms with Gasteiger partial charge >= 0.3 is 0 Å². The van der Waals surface area contributed by atoms with E-state index in [2.05, 4.69) is 9.88 Å². The van der Waals surface area contributed by atoms with Gasteiger partial charge in [0.2, 0.25) is 10.0 Å². The predicted molar refractivity (Wildman–Crippen MR) is 80.2 cm³/mol. The number of nitrogens with zero attached hydrogens (tertiary/aromatic N) is 1. The van der Waals surface area contributed by atoms with Crippen LogP contribution < -0.4 is 4.72 Å². The molecule has 23 heavy (non-hydrogen) atoms. The number of nitrogens with one attached hydrogen (secondary N) is 1. The number of hydrogen-bond donors (Lipinski definition) is 1. The first kappa shape index (κ1) is 15.8. The lowest BCUT2D eigenvalue weighted by Gasteiger charge is -2.06. The summed E-state index contributed by atoms with van der Waals surface area (Å²) in [6.07, 6.45) is 1.39. The molecule has 5 nitrogen and oxygen atoms in total. The van der Waals surface area contributed by atoms with Crippen molar-refractivity contribution >= 4 is 21.4 Å². The van der Waals surface area contributed by atoms with E-state index in [1.54, 1.807) is 12.1 Å². The van der Waals surface area contributed by atoms with E-state index in [-0.39, 0.29) is 16.3 Å². The first-order chi connectivity index (χ1) is 11.0. The van der Waals surface area contributed by atoms with Crippen LogP contribution in [0.5, 0.6) is 0 Å². The third-order valence-corrected chi connectivity index (χ3v) is 6.01. The third-order valence-electron chi connectivity index (χ3n) is 3.00. The van der Waals surface area contributed by atoms with E-state index in [1.807, 2.05) is 0 Å². The van der Waals surface area contributed by atoms with Crippen molar-refractivity contribution in [2.75, 3.05) is 0 Å². The van der Waals surface area contributed by atoms with E-state index in [9.17, 15) is 17.2 Å². The monoisotopic (exact) mass is 356 g/mol. The predicted octanol–water partition coefficient (Wildman–Crippen LogP) is 3.16. The van der Waals surface area contributed by atoms with Crippen LogP contribution in [0.4, 0.5) is 8.78 Å².